The second-order valence-corrected chi connectivity index (χ2v) is 5.89. The number of benzene rings is 2. The van der Waals surface area contributed by atoms with E-state index in [1.807, 2.05) is 31.2 Å². The molecule has 0 amide bonds. The van der Waals surface area contributed by atoms with Crippen LogP contribution in [-0.2, 0) is 6.42 Å². The SMILES string of the molecule is Cc1ccc(CC(=O)c2cc(Br)ccc2C)cc1C. The minimum Gasteiger partial charge on any atom is -0.294 e. The second kappa shape index (κ2) is 5.70. The van der Waals surface area contributed by atoms with Crippen molar-refractivity contribution in [3.05, 3.63) is 68.7 Å². The van der Waals surface area contributed by atoms with Crippen molar-refractivity contribution in [3.8, 4) is 0 Å². The predicted molar refractivity (Wildman–Crippen MR) is 82.8 cm³/mol. The Morgan fingerprint density at radius 2 is 1.63 bits per heavy atom. The maximum Gasteiger partial charge on any atom is 0.167 e. The Hall–Kier alpha value is -1.41. The zero-order valence-corrected chi connectivity index (χ0v) is 13.0. The summed E-state index contributed by atoms with van der Waals surface area (Å²) in [6.07, 6.45) is 0.457. The maximum atomic E-state index is 12.4. The van der Waals surface area contributed by atoms with E-state index in [9.17, 15) is 4.79 Å². The Bertz CT molecular complexity index is 629. The highest BCUT2D eigenvalue weighted by Gasteiger charge is 2.11. The van der Waals surface area contributed by atoms with E-state index in [0.717, 1.165) is 21.2 Å². The first-order chi connectivity index (χ1) is 8.97. The molecule has 19 heavy (non-hydrogen) atoms. The Morgan fingerprint density at radius 1 is 0.947 bits per heavy atom. The van der Waals surface area contributed by atoms with Gasteiger partial charge in [-0.25, -0.2) is 0 Å². The summed E-state index contributed by atoms with van der Waals surface area (Å²) >= 11 is 3.42. The van der Waals surface area contributed by atoms with Crippen molar-refractivity contribution in [2.24, 2.45) is 0 Å². The van der Waals surface area contributed by atoms with Crippen LogP contribution in [-0.4, -0.2) is 5.78 Å². The van der Waals surface area contributed by atoms with Crippen molar-refractivity contribution >= 4 is 21.7 Å². The summed E-state index contributed by atoms with van der Waals surface area (Å²) < 4.78 is 0.946. The Kier molecular flexibility index (Phi) is 4.20. The number of Topliss-reactive ketones (excluding diaryl/α,β-unsaturated/α-hetero) is 1. The molecule has 2 heteroatoms. The normalized spacial score (nSPS) is 10.5. The molecule has 0 N–H and O–H groups in total. The van der Waals surface area contributed by atoms with E-state index < -0.39 is 0 Å². The molecule has 0 spiro atoms. The molecule has 0 unspecified atom stereocenters. The van der Waals surface area contributed by atoms with Gasteiger partial charge in [-0.3, -0.25) is 4.79 Å². The molecular formula is C17H17BrO. The predicted octanol–water partition coefficient (Wildman–Crippen LogP) is 4.80. The number of hydrogen-bond donors (Lipinski definition) is 0. The minimum atomic E-state index is 0.169. The van der Waals surface area contributed by atoms with E-state index >= 15 is 0 Å². The second-order valence-electron chi connectivity index (χ2n) is 4.98. The third-order valence-corrected chi connectivity index (χ3v) is 3.93. The number of halogens is 1. The fourth-order valence-electron chi connectivity index (χ4n) is 2.09. The van der Waals surface area contributed by atoms with Crippen molar-refractivity contribution in [1.82, 2.24) is 0 Å². The van der Waals surface area contributed by atoms with Crippen LogP contribution >= 0.6 is 15.9 Å². The lowest BCUT2D eigenvalue weighted by atomic mass is 9.97. The lowest BCUT2D eigenvalue weighted by Gasteiger charge is -2.07. The third-order valence-electron chi connectivity index (χ3n) is 3.44. The van der Waals surface area contributed by atoms with E-state index in [1.54, 1.807) is 0 Å². The molecule has 2 aromatic rings. The van der Waals surface area contributed by atoms with Crippen molar-refractivity contribution in [1.29, 1.82) is 0 Å². The van der Waals surface area contributed by atoms with Gasteiger partial charge in [-0.05, 0) is 55.2 Å². The molecule has 0 aromatic heterocycles. The van der Waals surface area contributed by atoms with E-state index in [4.69, 9.17) is 0 Å². The summed E-state index contributed by atoms with van der Waals surface area (Å²) in [7, 11) is 0. The number of aryl methyl sites for hydroxylation is 3. The van der Waals surface area contributed by atoms with Crippen LogP contribution in [0.5, 0.6) is 0 Å². The van der Waals surface area contributed by atoms with Crippen LogP contribution in [0.2, 0.25) is 0 Å². The van der Waals surface area contributed by atoms with Gasteiger partial charge in [-0.2, -0.15) is 0 Å². The van der Waals surface area contributed by atoms with Crippen molar-refractivity contribution in [3.63, 3.8) is 0 Å². The van der Waals surface area contributed by atoms with Gasteiger partial charge in [0, 0.05) is 16.5 Å². The van der Waals surface area contributed by atoms with Crippen LogP contribution in [0.1, 0.15) is 32.6 Å². The zero-order chi connectivity index (χ0) is 14.0. The number of rotatable bonds is 3. The first-order valence-electron chi connectivity index (χ1n) is 6.33. The van der Waals surface area contributed by atoms with Gasteiger partial charge in [-0.1, -0.05) is 40.2 Å². The van der Waals surface area contributed by atoms with Crippen molar-refractivity contribution in [2.45, 2.75) is 27.2 Å². The van der Waals surface area contributed by atoms with Gasteiger partial charge in [0.1, 0.15) is 0 Å². The molecule has 0 fully saturated rings. The number of hydrogen-bond acceptors (Lipinski definition) is 1. The molecule has 98 valence electrons. The maximum absolute atomic E-state index is 12.4. The Morgan fingerprint density at radius 3 is 2.32 bits per heavy atom. The first-order valence-corrected chi connectivity index (χ1v) is 7.12. The van der Waals surface area contributed by atoms with Gasteiger partial charge in [-0.15, -0.1) is 0 Å². The number of carbonyl (C=O) groups is 1. The lowest BCUT2D eigenvalue weighted by molar-refractivity contribution is 0.0992. The first kappa shape index (κ1) is 14.0. The molecule has 0 saturated heterocycles. The Balaban J connectivity index is 2.25. The Labute approximate surface area is 122 Å². The van der Waals surface area contributed by atoms with E-state index in [-0.39, 0.29) is 5.78 Å². The third kappa shape index (κ3) is 3.32. The van der Waals surface area contributed by atoms with E-state index in [0.29, 0.717) is 6.42 Å². The smallest absolute Gasteiger partial charge is 0.167 e. The highest BCUT2D eigenvalue weighted by atomic mass is 79.9. The van der Waals surface area contributed by atoms with Gasteiger partial charge in [0.15, 0.2) is 5.78 Å². The van der Waals surface area contributed by atoms with Gasteiger partial charge in [0.05, 0.1) is 0 Å². The molecule has 0 bridgehead atoms. The molecule has 0 aliphatic heterocycles. The quantitative estimate of drug-likeness (QED) is 0.743. The fraction of sp³-hybridized carbons (Fsp3) is 0.235. The molecule has 0 heterocycles. The average molecular weight is 317 g/mol. The molecule has 0 aliphatic carbocycles. The zero-order valence-electron chi connectivity index (χ0n) is 11.5. The van der Waals surface area contributed by atoms with Crippen LogP contribution in [0.4, 0.5) is 0 Å². The van der Waals surface area contributed by atoms with Gasteiger partial charge >= 0.3 is 0 Å². The van der Waals surface area contributed by atoms with Crippen LogP contribution in [0, 0.1) is 20.8 Å². The average Bonchev–Trinajstić information content (AvgIpc) is 2.36. The van der Waals surface area contributed by atoms with Crippen LogP contribution in [0.3, 0.4) is 0 Å². The standard InChI is InChI=1S/C17H17BrO/c1-11-4-6-14(8-13(11)3)9-17(19)16-10-15(18)7-5-12(16)2/h4-8,10H,9H2,1-3H3. The van der Waals surface area contributed by atoms with Gasteiger partial charge < -0.3 is 0 Å². The molecular weight excluding hydrogens is 300 g/mol. The van der Waals surface area contributed by atoms with Crippen LogP contribution in [0.25, 0.3) is 0 Å². The molecule has 0 radical (unpaired) electrons. The highest BCUT2D eigenvalue weighted by molar-refractivity contribution is 9.10. The summed E-state index contributed by atoms with van der Waals surface area (Å²) in [6, 6.07) is 12.0. The summed E-state index contributed by atoms with van der Waals surface area (Å²) in [5.41, 5.74) is 5.39. The van der Waals surface area contributed by atoms with Crippen molar-refractivity contribution < 1.29 is 4.79 Å². The lowest BCUT2D eigenvalue weighted by Crippen LogP contribution is -2.06. The summed E-state index contributed by atoms with van der Waals surface area (Å²) in [5, 5.41) is 0. The molecule has 2 aromatic carbocycles. The van der Waals surface area contributed by atoms with Crippen LogP contribution in [0.15, 0.2) is 40.9 Å². The summed E-state index contributed by atoms with van der Waals surface area (Å²) in [6.45, 7) is 6.13. The number of ketones is 1. The van der Waals surface area contributed by atoms with Gasteiger partial charge in [0.25, 0.3) is 0 Å². The molecule has 0 saturated carbocycles. The molecule has 0 aliphatic rings. The number of carbonyl (C=O) groups excluding carboxylic acids is 1. The molecule has 1 nitrogen and oxygen atoms in total. The highest BCUT2D eigenvalue weighted by Crippen LogP contribution is 2.19. The molecule has 0 atom stereocenters. The summed E-state index contributed by atoms with van der Waals surface area (Å²) in [4.78, 5) is 12.4. The van der Waals surface area contributed by atoms with Crippen LogP contribution < -0.4 is 0 Å². The largest absolute Gasteiger partial charge is 0.294 e. The van der Waals surface area contributed by atoms with Gasteiger partial charge in [0.2, 0.25) is 0 Å². The topological polar surface area (TPSA) is 17.1 Å². The fourth-order valence-corrected chi connectivity index (χ4v) is 2.45. The minimum absolute atomic E-state index is 0.169. The van der Waals surface area contributed by atoms with Crippen molar-refractivity contribution in [2.75, 3.05) is 0 Å². The summed E-state index contributed by atoms with van der Waals surface area (Å²) in [5.74, 6) is 0.169. The molecule has 2 rings (SSSR count). The monoisotopic (exact) mass is 316 g/mol. The van der Waals surface area contributed by atoms with E-state index in [2.05, 4.69) is 41.9 Å². The van der Waals surface area contributed by atoms with E-state index in [1.165, 1.54) is 11.1 Å².